The van der Waals surface area contributed by atoms with Crippen molar-refractivity contribution in [1.29, 1.82) is 0 Å². The van der Waals surface area contributed by atoms with Crippen molar-refractivity contribution in [3.05, 3.63) is 29.8 Å². The summed E-state index contributed by atoms with van der Waals surface area (Å²) >= 11 is 0. The summed E-state index contributed by atoms with van der Waals surface area (Å²) in [5.41, 5.74) is 1.44. The molecule has 6 rings (SSSR count). The van der Waals surface area contributed by atoms with Crippen LogP contribution in [0.1, 0.15) is 123 Å². The maximum Gasteiger partial charge on any atom is 0.328 e. The van der Waals surface area contributed by atoms with Gasteiger partial charge in [0.15, 0.2) is 0 Å². The van der Waals surface area contributed by atoms with Crippen molar-refractivity contribution in [2.24, 2.45) is 52.3 Å². The molecule has 11 atom stereocenters. The van der Waals surface area contributed by atoms with Crippen LogP contribution in [0.25, 0.3) is 0 Å². The average molecular weight is 643 g/mol. The molecule has 4 N–H and O–H groups in total. The Balaban J connectivity index is 1.08. The minimum atomic E-state index is -3.96. The maximum atomic E-state index is 13.0. The molecule has 0 aromatic heterocycles. The van der Waals surface area contributed by atoms with Gasteiger partial charge in [0.1, 0.15) is 0 Å². The third-order valence-corrected chi connectivity index (χ3v) is 15.6. The smallest absolute Gasteiger partial charge is 0.328 e. The third-order valence-electron chi connectivity index (χ3n) is 14.2. The van der Waals surface area contributed by atoms with Crippen LogP contribution in [0.2, 0.25) is 0 Å². The van der Waals surface area contributed by atoms with Crippen molar-refractivity contribution in [2.45, 2.75) is 134 Å². The summed E-state index contributed by atoms with van der Waals surface area (Å²) in [5.74, 6) is 2.94. The molecule has 45 heavy (non-hydrogen) atoms. The summed E-state index contributed by atoms with van der Waals surface area (Å²) in [6.45, 7) is 9.71. The van der Waals surface area contributed by atoms with E-state index in [1.54, 1.807) is 12.1 Å². The Bertz CT molecular complexity index is 1310. The number of benzene rings is 1. The van der Waals surface area contributed by atoms with Gasteiger partial charge in [-0.05, 0) is 134 Å². The molecule has 1 aromatic carbocycles. The standard InChI is InChI=1S/C37H58N2O5S/c1-5-28-32-21-26(40)17-19-37(32,4)31-18-20-36(3)29(15-16-30(36)33(31)34(28)41)23(2)22-38-35(42)39-45(43,44)27-13-11-25(12-14-27)24-9-7-6-8-10-24/h11-14,23-24,26,28-34,40-41H,5-10,15-22H2,1-4H3,(H2,38,39,42)/t23-,26-,28-,29-,30+,31+,32?,33?,34-,36?,37?/m1/s1. The normalized spacial score (nSPS) is 40.9. The largest absolute Gasteiger partial charge is 0.393 e. The highest BCUT2D eigenvalue weighted by atomic mass is 32.2. The Kier molecular flexibility index (Phi) is 9.43. The summed E-state index contributed by atoms with van der Waals surface area (Å²) in [7, 11) is -3.96. The van der Waals surface area contributed by atoms with Crippen LogP contribution in [-0.4, -0.2) is 43.4 Å². The number of urea groups is 1. The van der Waals surface area contributed by atoms with E-state index in [-0.39, 0.29) is 45.7 Å². The van der Waals surface area contributed by atoms with Gasteiger partial charge in [0.25, 0.3) is 10.0 Å². The molecule has 252 valence electrons. The molecule has 4 unspecified atom stereocenters. The number of rotatable bonds is 7. The minimum Gasteiger partial charge on any atom is -0.393 e. The lowest BCUT2D eigenvalue weighted by atomic mass is 9.41. The number of carbonyl (C=O) groups is 1. The Morgan fingerprint density at radius 3 is 2.27 bits per heavy atom. The summed E-state index contributed by atoms with van der Waals surface area (Å²) in [5, 5.41) is 25.4. The zero-order valence-electron chi connectivity index (χ0n) is 28.0. The molecule has 0 saturated heterocycles. The van der Waals surface area contributed by atoms with E-state index in [9.17, 15) is 23.4 Å². The predicted molar refractivity (Wildman–Crippen MR) is 177 cm³/mol. The van der Waals surface area contributed by atoms with Crippen molar-refractivity contribution < 1.29 is 23.4 Å². The predicted octanol–water partition coefficient (Wildman–Crippen LogP) is 6.99. The third kappa shape index (κ3) is 5.99. The number of hydrogen-bond donors (Lipinski definition) is 4. The molecule has 5 aliphatic carbocycles. The Hall–Kier alpha value is -1.64. The molecule has 5 aliphatic rings. The van der Waals surface area contributed by atoms with Crippen LogP contribution in [0.4, 0.5) is 4.79 Å². The summed E-state index contributed by atoms with van der Waals surface area (Å²) in [6.07, 6.45) is 13.6. The van der Waals surface area contributed by atoms with Crippen LogP contribution in [-0.2, 0) is 10.0 Å². The van der Waals surface area contributed by atoms with Crippen LogP contribution in [0.5, 0.6) is 0 Å². The van der Waals surface area contributed by atoms with E-state index < -0.39 is 16.1 Å². The molecule has 0 aliphatic heterocycles. The molecule has 5 fully saturated rings. The van der Waals surface area contributed by atoms with Crippen molar-refractivity contribution in [1.82, 2.24) is 10.0 Å². The lowest BCUT2D eigenvalue weighted by Gasteiger charge is -2.64. The highest BCUT2D eigenvalue weighted by molar-refractivity contribution is 7.90. The molecule has 0 radical (unpaired) electrons. The molecule has 5 saturated carbocycles. The molecule has 0 bridgehead atoms. The number of hydrogen-bond acceptors (Lipinski definition) is 5. The summed E-state index contributed by atoms with van der Waals surface area (Å²) < 4.78 is 28.3. The van der Waals surface area contributed by atoms with Gasteiger partial charge in [-0.2, -0.15) is 0 Å². The number of sulfonamides is 1. The van der Waals surface area contributed by atoms with Gasteiger partial charge in [-0.3, -0.25) is 0 Å². The first-order valence-electron chi connectivity index (χ1n) is 18.2. The van der Waals surface area contributed by atoms with Crippen molar-refractivity contribution in [3.8, 4) is 0 Å². The van der Waals surface area contributed by atoms with Gasteiger partial charge < -0.3 is 15.5 Å². The van der Waals surface area contributed by atoms with E-state index >= 15 is 0 Å². The van der Waals surface area contributed by atoms with Crippen molar-refractivity contribution in [3.63, 3.8) is 0 Å². The molecular formula is C37H58N2O5S. The van der Waals surface area contributed by atoms with Gasteiger partial charge in [0, 0.05) is 6.54 Å². The highest BCUT2D eigenvalue weighted by Gasteiger charge is 2.64. The fraction of sp³-hybridized carbons (Fsp3) is 0.811. The topological polar surface area (TPSA) is 116 Å². The molecule has 2 amide bonds. The second-order valence-electron chi connectivity index (χ2n) is 16.3. The molecule has 0 heterocycles. The van der Waals surface area contributed by atoms with E-state index in [0.29, 0.717) is 36.1 Å². The van der Waals surface area contributed by atoms with Gasteiger partial charge in [-0.15, -0.1) is 0 Å². The number of aliphatic hydroxyl groups excluding tert-OH is 2. The number of fused-ring (bicyclic) bond motifs is 5. The highest BCUT2D eigenvalue weighted by Crippen LogP contribution is 2.69. The zero-order valence-corrected chi connectivity index (χ0v) is 28.8. The molecule has 0 spiro atoms. The number of amides is 2. The van der Waals surface area contributed by atoms with Gasteiger partial charge in [0.2, 0.25) is 0 Å². The van der Waals surface area contributed by atoms with Gasteiger partial charge >= 0.3 is 6.03 Å². The van der Waals surface area contributed by atoms with Crippen LogP contribution < -0.4 is 10.0 Å². The second-order valence-corrected chi connectivity index (χ2v) is 18.0. The Labute approximate surface area is 271 Å². The van der Waals surface area contributed by atoms with E-state index in [2.05, 4.69) is 37.7 Å². The zero-order chi connectivity index (χ0) is 32.1. The van der Waals surface area contributed by atoms with E-state index in [4.69, 9.17) is 0 Å². The average Bonchev–Trinajstić information content (AvgIpc) is 3.38. The van der Waals surface area contributed by atoms with Gasteiger partial charge in [0.05, 0.1) is 17.1 Å². The number of carbonyl (C=O) groups excluding carboxylic acids is 1. The first-order chi connectivity index (χ1) is 21.4. The Morgan fingerprint density at radius 2 is 1.58 bits per heavy atom. The van der Waals surface area contributed by atoms with Crippen molar-refractivity contribution >= 4 is 16.1 Å². The first-order valence-corrected chi connectivity index (χ1v) is 19.6. The lowest BCUT2D eigenvalue weighted by molar-refractivity contribution is -0.203. The number of nitrogens with one attached hydrogen (secondary N) is 2. The van der Waals surface area contributed by atoms with Crippen LogP contribution in [0.3, 0.4) is 0 Å². The quantitative estimate of drug-likeness (QED) is 0.256. The van der Waals surface area contributed by atoms with Crippen LogP contribution >= 0.6 is 0 Å². The van der Waals surface area contributed by atoms with Crippen LogP contribution in [0.15, 0.2) is 29.2 Å². The fourth-order valence-corrected chi connectivity index (χ4v) is 12.8. The second kappa shape index (κ2) is 12.8. The molecule has 8 heteroatoms. The number of aliphatic hydroxyl groups is 2. The van der Waals surface area contributed by atoms with E-state index in [1.165, 1.54) is 24.8 Å². The van der Waals surface area contributed by atoms with Gasteiger partial charge in [-0.25, -0.2) is 17.9 Å². The van der Waals surface area contributed by atoms with E-state index in [1.807, 2.05) is 12.1 Å². The van der Waals surface area contributed by atoms with Gasteiger partial charge in [-0.1, -0.05) is 65.5 Å². The summed E-state index contributed by atoms with van der Waals surface area (Å²) in [4.78, 5) is 13.0. The monoisotopic (exact) mass is 642 g/mol. The minimum absolute atomic E-state index is 0.0849. The SMILES string of the molecule is CC[C@@H]1C2C[C@H](O)CCC2(C)[C@H]2CCC3(C)[C@@H]([C@H](C)CNC(=O)NS(=O)(=O)c4ccc(C5CCCCC5)cc4)CC[C@H]3C2[C@@H]1O. The lowest BCUT2D eigenvalue weighted by Crippen LogP contribution is -2.62. The molecular weight excluding hydrogens is 584 g/mol. The maximum absolute atomic E-state index is 13.0. The summed E-state index contributed by atoms with van der Waals surface area (Å²) in [6, 6.07) is 6.38. The van der Waals surface area contributed by atoms with Crippen molar-refractivity contribution in [2.75, 3.05) is 6.54 Å². The Morgan fingerprint density at radius 1 is 0.911 bits per heavy atom. The van der Waals surface area contributed by atoms with Crippen LogP contribution in [0, 0.1) is 52.3 Å². The molecule has 1 aromatic rings. The molecule has 7 nitrogen and oxygen atoms in total. The fourth-order valence-electron chi connectivity index (χ4n) is 11.9. The van der Waals surface area contributed by atoms with E-state index in [0.717, 1.165) is 64.2 Å². The first kappa shape index (κ1) is 33.3.